The molecular weight excluding hydrogens is 151 g/mol. The molecule has 0 aliphatic heterocycles. The Hall–Kier alpha value is -0.480. The lowest BCUT2D eigenvalue weighted by Crippen LogP contribution is -2.03. The van der Waals surface area contributed by atoms with Crippen molar-refractivity contribution in [3.05, 3.63) is 16.6 Å². The van der Waals surface area contributed by atoms with Crippen molar-refractivity contribution in [2.24, 2.45) is 5.73 Å². The lowest BCUT2D eigenvalue weighted by Gasteiger charge is -2.00. The molecule has 4 heteroatoms. The van der Waals surface area contributed by atoms with Crippen molar-refractivity contribution in [3.8, 4) is 0 Å². The van der Waals surface area contributed by atoms with E-state index in [1.54, 1.807) is 10.9 Å². The highest BCUT2D eigenvalue weighted by Gasteiger charge is 2.09. The Bertz CT molecular complexity index is 176. The standard InChI is InChI=1S/C6H9FN2S/c7-5(1-2-8)6-3-10-4-9-6/h3-5H,1-2,8H2. The average molecular weight is 160 g/mol. The quantitative estimate of drug-likeness (QED) is 0.727. The highest BCUT2D eigenvalue weighted by atomic mass is 32.1. The number of alkyl halides is 1. The second kappa shape index (κ2) is 3.63. The lowest BCUT2D eigenvalue weighted by molar-refractivity contribution is 0.321. The summed E-state index contributed by atoms with van der Waals surface area (Å²) >= 11 is 1.40. The van der Waals surface area contributed by atoms with Crippen LogP contribution in [0.25, 0.3) is 0 Å². The van der Waals surface area contributed by atoms with Crippen molar-refractivity contribution in [2.75, 3.05) is 6.54 Å². The third-order valence-electron chi connectivity index (χ3n) is 1.19. The molecule has 56 valence electrons. The van der Waals surface area contributed by atoms with E-state index in [1.165, 1.54) is 11.3 Å². The molecule has 1 aromatic rings. The van der Waals surface area contributed by atoms with E-state index < -0.39 is 6.17 Å². The first-order chi connectivity index (χ1) is 4.84. The Balaban J connectivity index is 2.50. The molecule has 1 atom stereocenters. The summed E-state index contributed by atoms with van der Waals surface area (Å²) in [5.74, 6) is 0. The molecule has 1 unspecified atom stereocenters. The molecule has 0 bridgehead atoms. The van der Waals surface area contributed by atoms with Crippen LogP contribution < -0.4 is 5.73 Å². The van der Waals surface area contributed by atoms with Crippen LogP contribution in [-0.4, -0.2) is 11.5 Å². The first kappa shape index (κ1) is 7.63. The Morgan fingerprint density at radius 1 is 1.80 bits per heavy atom. The molecule has 2 N–H and O–H groups in total. The smallest absolute Gasteiger partial charge is 0.144 e. The predicted octanol–water partition coefficient (Wildman–Crippen LogP) is 1.50. The third-order valence-corrected chi connectivity index (χ3v) is 1.80. The number of halogens is 1. The number of hydrogen-bond acceptors (Lipinski definition) is 3. The summed E-state index contributed by atoms with van der Waals surface area (Å²) in [5, 5.41) is 1.71. The van der Waals surface area contributed by atoms with Crippen LogP contribution >= 0.6 is 11.3 Å². The third kappa shape index (κ3) is 1.75. The van der Waals surface area contributed by atoms with Crippen molar-refractivity contribution < 1.29 is 4.39 Å². The number of aromatic nitrogens is 1. The van der Waals surface area contributed by atoms with E-state index in [1.807, 2.05) is 0 Å². The molecule has 2 nitrogen and oxygen atoms in total. The normalized spacial score (nSPS) is 13.4. The summed E-state index contributed by atoms with van der Waals surface area (Å²) < 4.78 is 12.8. The van der Waals surface area contributed by atoms with Crippen LogP contribution in [-0.2, 0) is 0 Å². The molecule has 0 aliphatic rings. The van der Waals surface area contributed by atoms with Gasteiger partial charge in [0.15, 0.2) is 0 Å². The summed E-state index contributed by atoms with van der Waals surface area (Å²) in [6.45, 7) is 0.374. The Morgan fingerprint density at radius 2 is 2.60 bits per heavy atom. The first-order valence-corrected chi connectivity index (χ1v) is 4.01. The monoisotopic (exact) mass is 160 g/mol. The highest BCUT2D eigenvalue weighted by Crippen LogP contribution is 2.19. The van der Waals surface area contributed by atoms with Crippen LogP contribution in [0.3, 0.4) is 0 Å². The van der Waals surface area contributed by atoms with Gasteiger partial charge in [-0.2, -0.15) is 0 Å². The van der Waals surface area contributed by atoms with Crippen LogP contribution in [0.4, 0.5) is 4.39 Å². The fourth-order valence-corrected chi connectivity index (χ4v) is 1.26. The zero-order valence-electron chi connectivity index (χ0n) is 5.46. The van der Waals surface area contributed by atoms with Crippen LogP contribution in [0.15, 0.2) is 10.9 Å². The summed E-state index contributed by atoms with van der Waals surface area (Å²) in [7, 11) is 0. The Labute approximate surface area is 62.9 Å². The highest BCUT2D eigenvalue weighted by molar-refractivity contribution is 7.07. The van der Waals surface area contributed by atoms with Gasteiger partial charge in [-0.15, -0.1) is 11.3 Å². The van der Waals surface area contributed by atoms with Crippen molar-refractivity contribution in [2.45, 2.75) is 12.6 Å². The molecule has 0 aliphatic carbocycles. The van der Waals surface area contributed by atoms with Gasteiger partial charge < -0.3 is 5.73 Å². The number of thiazole rings is 1. The largest absolute Gasteiger partial charge is 0.330 e. The molecule has 1 aromatic heterocycles. The maximum absolute atomic E-state index is 12.8. The lowest BCUT2D eigenvalue weighted by atomic mass is 10.2. The van der Waals surface area contributed by atoms with E-state index in [0.717, 1.165) is 0 Å². The van der Waals surface area contributed by atoms with Crippen molar-refractivity contribution >= 4 is 11.3 Å². The zero-order chi connectivity index (χ0) is 7.40. The number of nitrogens with two attached hydrogens (primary N) is 1. The van der Waals surface area contributed by atoms with Crippen LogP contribution in [0.1, 0.15) is 18.3 Å². The molecule has 1 heterocycles. The number of rotatable bonds is 3. The molecular formula is C6H9FN2S. The van der Waals surface area contributed by atoms with Gasteiger partial charge in [0.25, 0.3) is 0 Å². The van der Waals surface area contributed by atoms with E-state index >= 15 is 0 Å². The van der Waals surface area contributed by atoms with E-state index in [4.69, 9.17) is 5.73 Å². The van der Waals surface area contributed by atoms with Crippen molar-refractivity contribution in [1.29, 1.82) is 0 Å². The van der Waals surface area contributed by atoms with Crippen molar-refractivity contribution in [1.82, 2.24) is 4.98 Å². The van der Waals surface area contributed by atoms with Crippen molar-refractivity contribution in [3.63, 3.8) is 0 Å². The molecule has 0 aromatic carbocycles. The molecule has 0 spiro atoms. The van der Waals surface area contributed by atoms with Gasteiger partial charge in [0.1, 0.15) is 6.17 Å². The van der Waals surface area contributed by atoms with Gasteiger partial charge in [-0.3, -0.25) is 0 Å². The molecule has 0 fully saturated rings. The topological polar surface area (TPSA) is 38.9 Å². The average Bonchev–Trinajstić information content (AvgIpc) is 2.38. The first-order valence-electron chi connectivity index (χ1n) is 3.07. The van der Waals surface area contributed by atoms with Gasteiger partial charge in [0.05, 0.1) is 11.2 Å². The number of nitrogens with zero attached hydrogens (tertiary/aromatic N) is 1. The molecule has 0 saturated heterocycles. The summed E-state index contributed by atoms with van der Waals surface area (Å²) in [4.78, 5) is 3.82. The van der Waals surface area contributed by atoms with Gasteiger partial charge in [0, 0.05) is 5.38 Å². The molecule has 10 heavy (non-hydrogen) atoms. The molecule has 1 rings (SSSR count). The van der Waals surface area contributed by atoms with Gasteiger partial charge in [-0.1, -0.05) is 0 Å². The Morgan fingerprint density at radius 3 is 3.10 bits per heavy atom. The van der Waals surface area contributed by atoms with Gasteiger partial charge in [-0.25, -0.2) is 9.37 Å². The molecule has 0 saturated carbocycles. The summed E-state index contributed by atoms with van der Waals surface area (Å²) in [5.41, 5.74) is 7.30. The summed E-state index contributed by atoms with van der Waals surface area (Å²) in [6.07, 6.45) is -0.611. The van der Waals surface area contributed by atoms with Crippen LogP contribution in [0.5, 0.6) is 0 Å². The molecule has 0 amide bonds. The Kier molecular flexibility index (Phi) is 2.77. The van der Waals surface area contributed by atoms with E-state index in [0.29, 0.717) is 18.7 Å². The van der Waals surface area contributed by atoms with Crippen LogP contribution in [0.2, 0.25) is 0 Å². The maximum atomic E-state index is 12.8. The van der Waals surface area contributed by atoms with Gasteiger partial charge >= 0.3 is 0 Å². The minimum Gasteiger partial charge on any atom is -0.330 e. The van der Waals surface area contributed by atoms with E-state index in [2.05, 4.69) is 4.98 Å². The second-order valence-electron chi connectivity index (χ2n) is 1.96. The number of hydrogen-bond donors (Lipinski definition) is 1. The SMILES string of the molecule is NCCC(F)c1cscn1. The zero-order valence-corrected chi connectivity index (χ0v) is 6.27. The minimum atomic E-state index is -0.976. The minimum absolute atomic E-state index is 0.365. The van der Waals surface area contributed by atoms with E-state index in [9.17, 15) is 4.39 Å². The molecule has 0 radical (unpaired) electrons. The predicted molar refractivity (Wildman–Crippen MR) is 39.6 cm³/mol. The van der Waals surface area contributed by atoms with Gasteiger partial charge in [0.2, 0.25) is 0 Å². The fraction of sp³-hybridized carbons (Fsp3) is 0.500. The maximum Gasteiger partial charge on any atom is 0.144 e. The second-order valence-corrected chi connectivity index (χ2v) is 2.68. The van der Waals surface area contributed by atoms with E-state index in [-0.39, 0.29) is 0 Å². The van der Waals surface area contributed by atoms with Gasteiger partial charge in [-0.05, 0) is 13.0 Å². The summed E-state index contributed by atoms with van der Waals surface area (Å²) in [6, 6.07) is 0. The van der Waals surface area contributed by atoms with Crippen LogP contribution in [0, 0.1) is 0 Å². The fourth-order valence-electron chi connectivity index (χ4n) is 0.671.